The van der Waals surface area contributed by atoms with Crippen molar-refractivity contribution in [3.8, 4) is 0 Å². The van der Waals surface area contributed by atoms with E-state index in [1.54, 1.807) is 47.6 Å². The van der Waals surface area contributed by atoms with E-state index in [2.05, 4.69) is 6.08 Å². The Hall–Kier alpha value is -2.31. The van der Waals surface area contributed by atoms with Crippen LogP contribution in [-0.2, 0) is 19.0 Å². The van der Waals surface area contributed by atoms with E-state index in [-0.39, 0.29) is 5.92 Å². The van der Waals surface area contributed by atoms with Crippen molar-refractivity contribution in [2.45, 2.75) is 97.3 Å². The van der Waals surface area contributed by atoms with Gasteiger partial charge >= 0.3 is 18.2 Å². The Morgan fingerprint density at radius 2 is 1.45 bits per heavy atom. The van der Waals surface area contributed by atoms with E-state index in [1.807, 2.05) is 0 Å². The molecule has 1 saturated carbocycles. The SMILES string of the molecule is COC(=O)C1=C[C@H](N(C(=O)OC(C)(C)C)C(=O)OC(C)(C)C)C[C@H]1C=C1CCCCC1. The summed E-state index contributed by atoms with van der Waals surface area (Å²) in [6.07, 6.45) is 8.09. The molecular weight excluding hydrogens is 398 g/mol. The van der Waals surface area contributed by atoms with Crippen LogP contribution in [0.5, 0.6) is 0 Å². The van der Waals surface area contributed by atoms with E-state index in [4.69, 9.17) is 14.2 Å². The number of esters is 1. The zero-order chi connectivity index (χ0) is 23.4. The Balaban J connectivity index is 2.36. The first-order chi connectivity index (χ1) is 14.3. The number of ether oxygens (including phenoxy) is 3. The predicted octanol–water partition coefficient (Wildman–Crippen LogP) is 5.54. The summed E-state index contributed by atoms with van der Waals surface area (Å²) in [6.45, 7) is 10.4. The van der Waals surface area contributed by atoms with Gasteiger partial charge in [0.15, 0.2) is 0 Å². The minimum absolute atomic E-state index is 0.224. The van der Waals surface area contributed by atoms with Crippen LogP contribution in [0.15, 0.2) is 23.3 Å². The molecule has 0 heterocycles. The number of allylic oxidation sites excluding steroid dienone is 2. The predicted molar refractivity (Wildman–Crippen MR) is 117 cm³/mol. The molecule has 2 atom stereocenters. The number of carbonyl (C=O) groups excluding carboxylic acids is 3. The first kappa shape index (κ1) is 25.0. The Bertz CT molecular complexity index is 717. The molecule has 2 aliphatic carbocycles. The van der Waals surface area contributed by atoms with Crippen LogP contribution in [-0.4, -0.2) is 47.4 Å². The van der Waals surface area contributed by atoms with Crippen molar-refractivity contribution >= 4 is 18.2 Å². The highest BCUT2D eigenvalue weighted by Gasteiger charge is 2.41. The summed E-state index contributed by atoms with van der Waals surface area (Å²) < 4.78 is 15.9. The summed E-state index contributed by atoms with van der Waals surface area (Å²) in [5.41, 5.74) is 0.207. The zero-order valence-corrected chi connectivity index (χ0v) is 19.9. The highest BCUT2D eigenvalue weighted by atomic mass is 16.6. The molecule has 2 aliphatic rings. The number of methoxy groups -OCH3 is 1. The van der Waals surface area contributed by atoms with Crippen LogP contribution in [0.1, 0.15) is 80.1 Å². The fourth-order valence-corrected chi connectivity index (χ4v) is 3.89. The van der Waals surface area contributed by atoms with Crippen LogP contribution in [0.25, 0.3) is 0 Å². The maximum Gasteiger partial charge on any atom is 0.420 e. The molecule has 0 aliphatic heterocycles. The van der Waals surface area contributed by atoms with Gasteiger partial charge < -0.3 is 14.2 Å². The van der Waals surface area contributed by atoms with Gasteiger partial charge in [0.1, 0.15) is 11.2 Å². The van der Waals surface area contributed by atoms with Gasteiger partial charge in [-0.05, 0) is 73.6 Å². The van der Waals surface area contributed by atoms with Gasteiger partial charge in [0.2, 0.25) is 0 Å². The van der Waals surface area contributed by atoms with Crippen molar-refractivity contribution in [2.75, 3.05) is 7.11 Å². The molecule has 0 aromatic heterocycles. The monoisotopic (exact) mass is 435 g/mol. The van der Waals surface area contributed by atoms with Crippen LogP contribution in [0.3, 0.4) is 0 Å². The summed E-state index contributed by atoms with van der Waals surface area (Å²) in [6, 6.07) is -0.663. The lowest BCUT2D eigenvalue weighted by Crippen LogP contribution is -2.48. The largest absolute Gasteiger partial charge is 0.466 e. The molecule has 0 aromatic carbocycles. The lowest BCUT2D eigenvalue weighted by Gasteiger charge is -2.31. The average Bonchev–Trinajstić information content (AvgIpc) is 3.02. The quantitative estimate of drug-likeness (QED) is 0.329. The molecule has 2 rings (SSSR count). The third-order valence-corrected chi connectivity index (χ3v) is 5.13. The zero-order valence-electron chi connectivity index (χ0n) is 19.9. The lowest BCUT2D eigenvalue weighted by molar-refractivity contribution is -0.136. The smallest absolute Gasteiger partial charge is 0.420 e. The van der Waals surface area contributed by atoms with Gasteiger partial charge in [0.25, 0.3) is 0 Å². The molecule has 0 unspecified atom stereocenters. The summed E-state index contributed by atoms with van der Waals surface area (Å²) in [5.74, 6) is -0.675. The fourth-order valence-electron chi connectivity index (χ4n) is 3.89. The number of carbonyl (C=O) groups is 3. The number of hydrogen-bond donors (Lipinski definition) is 0. The Morgan fingerprint density at radius 1 is 0.935 bits per heavy atom. The maximum absolute atomic E-state index is 13.0. The minimum Gasteiger partial charge on any atom is -0.466 e. The average molecular weight is 436 g/mol. The van der Waals surface area contributed by atoms with E-state index in [0.717, 1.165) is 30.6 Å². The van der Waals surface area contributed by atoms with Crippen LogP contribution >= 0.6 is 0 Å². The molecule has 7 nitrogen and oxygen atoms in total. The summed E-state index contributed by atoms with van der Waals surface area (Å²) in [7, 11) is 1.33. The second-order valence-corrected chi connectivity index (χ2v) is 10.2. The molecule has 0 spiro atoms. The van der Waals surface area contributed by atoms with Crippen molar-refractivity contribution in [2.24, 2.45) is 5.92 Å². The molecule has 0 aromatic rings. The Morgan fingerprint density at radius 3 is 1.90 bits per heavy atom. The minimum atomic E-state index is -0.793. The van der Waals surface area contributed by atoms with Gasteiger partial charge in [0.05, 0.1) is 13.2 Å². The van der Waals surface area contributed by atoms with E-state index >= 15 is 0 Å². The molecule has 31 heavy (non-hydrogen) atoms. The molecule has 0 N–H and O–H groups in total. The topological polar surface area (TPSA) is 82.1 Å². The highest BCUT2D eigenvalue weighted by Crippen LogP contribution is 2.35. The number of imide groups is 1. The molecule has 0 saturated heterocycles. The van der Waals surface area contributed by atoms with E-state index in [0.29, 0.717) is 12.0 Å². The first-order valence-electron chi connectivity index (χ1n) is 11.1. The van der Waals surface area contributed by atoms with Crippen molar-refractivity contribution in [1.29, 1.82) is 0 Å². The molecular formula is C24H37NO6. The summed E-state index contributed by atoms with van der Waals surface area (Å²) >= 11 is 0. The Kier molecular flexibility index (Phi) is 7.95. The van der Waals surface area contributed by atoms with Crippen LogP contribution in [0, 0.1) is 5.92 Å². The summed E-state index contributed by atoms with van der Waals surface area (Å²) in [5, 5.41) is 0. The van der Waals surface area contributed by atoms with E-state index < -0.39 is 35.4 Å². The van der Waals surface area contributed by atoms with Gasteiger partial charge in [-0.25, -0.2) is 19.3 Å². The highest BCUT2D eigenvalue weighted by molar-refractivity contribution is 5.92. The number of rotatable bonds is 3. The number of hydrogen-bond acceptors (Lipinski definition) is 6. The van der Waals surface area contributed by atoms with Gasteiger partial charge in [-0.15, -0.1) is 0 Å². The normalized spacial score (nSPS) is 21.8. The number of nitrogens with zero attached hydrogens (tertiary/aromatic N) is 1. The molecule has 2 amide bonds. The molecule has 0 radical (unpaired) electrons. The van der Waals surface area contributed by atoms with E-state index in [9.17, 15) is 14.4 Å². The van der Waals surface area contributed by atoms with Gasteiger partial charge in [-0.2, -0.15) is 0 Å². The van der Waals surface area contributed by atoms with Crippen molar-refractivity contribution in [3.63, 3.8) is 0 Å². The fraction of sp³-hybridized carbons (Fsp3) is 0.708. The van der Waals surface area contributed by atoms with Crippen molar-refractivity contribution in [3.05, 3.63) is 23.3 Å². The molecule has 174 valence electrons. The lowest BCUT2D eigenvalue weighted by atomic mass is 9.89. The standard InChI is InChI=1S/C24H37NO6/c1-23(2,3)30-21(27)25(22(28)31-24(4,5)6)18-14-17(19(15-18)20(26)29-7)13-16-11-9-8-10-12-16/h13,15,17-18H,8-12,14H2,1-7H3/t17-,18-/m1/s1. The molecule has 7 heteroatoms. The molecule has 1 fully saturated rings. The second-order valence-electron chi connectivity index (χ2n) is 10.2. The number of amides is 2. The Labute approximate surface area is 185 Å². The van der Waals surface area contributed by atoms with Crippen LogP contribution in [0.2, 0.25) is 0 Å². The molecule has 0 bridgehead atoms. The van der Waals surface area contributed by atoms with Crippen molar-refractivity contribution < 1.29 is 28.6 Å². The van der Waals surface area contributed by atoms with Crippen LogP contribution < -0.4 is 0 Å². The van der Waals surface area contributed by atoms with Gasteiger partial charge in [-0.3, -0.25) is 0 Å². The van der Waals surface area contributed by atoms with E-state index in [1.165, 1.54) is 19.1 Å². The summed E-state index contributed by atoms with van der Waals surface area (Å²) in [4.78, 5) is 39.4. The van der Waals surface area contributed by atoms with Crippen LogP contribution in [0.4, 0.5) is 9.59 Å². The third kappa shape index (κ3) is 7.40. The third-order valence-electron chi connectivity index (χ3n) is 5.13. The second kappa shape index (κ2) is 9.88. The van der Waals surface area contributed by atoms with Gasteiger partial charge in [-0.1, -0.05) is 24.1 Å². The maximum atomic E-state index is 13.0. The first-order valence-corrected chi connectivity index (χ1v) is 11.1. The van der Waals surface area contributed by atoms with Gasteiger partial charge in [0, 0.05) is 11.5 Å². The van der Waals surface area contributed by atoms with Crippen molar-refractivity contribution in [1.82, 2.24) is 4.90 Å².